The lowest BCUT2D eigenvalue weighted by Crippen LogP contribution is -2.51. The number of amides is 1. The minimum atomic E-state index is -1.09. The lowest BCUT2D eigenvalue weighted by Gasteiger charge is -2.35. The molecule has 7 N–H and O–H groups in total. The Morgan fingerprint density at radius 3 is 2.44 bits per heavy atom. The molecule has 4 aliphatic rings. The zero-order valence-corrected chi connectivity index (χ0v) is 45.9. The molecule has 4 aromatic carbocycles. The Morgan fingerprint density at radius 2 is 1.76 bits per heavy atom. The number of nitrogen functional groups attached to an aromatic ring is 1. The van der Waals surface area contributed by atoms with E-state index in [1.807, 2.05) is 82.4 Å². The van der Waals surface area contributed by atoms with Crippen LogP contribution in [0.2, 0.25) is 0 Å². The van der Waals surface area contributed by atoms with Crippen molar-refractivity contribution >= 4 is 40.2 Å². The van der Waals surface area contributed by atoms with E-state index in [-0.39, 0.29) is 60.5 Å². The van der Waals surface area contributed by atoms with Crippen molar-refractivity contribution < 1.29 is 33.6 Å². The number of halogens is 1. The van der Waals surface area contributed by atoms with Crippen LogP contribution < -0.4 is 30.7 Å². The summed E-state index contributed by atoms with van der Waals surface area (Å²) in [6.45, 7) is 12.0. The van der Waals surface area contributed by atoms with Crippen molar-refractivity contribution in [1.29, 1.82) is 5.41 Å². The third kappa shape index (κ3) is 10.5. The minimum Gasteiger partial charge on any atom is -0.513 e. The average molecular weight is 1090 g/mol. The molecule has 0 spiro atoms. The van der Waals surface area contributed by atoms with E-state index in [0.717, 1.165) is 83.2 Å². The highest BCUT2D eigenvalue weighted by molar-refractivity contribution is 6.05. The molecule has 1 unspecified atom stereocenters. The molecule has 80 heavy (non-hydrogen) atoms. The topological polar surface area (TPSA) is 248 Å². The maximum absolute atomic E-state index is 16.0. The number of carbonyl (C=O) groups excluding carboxylic acids is 1. The van der Waals surface area contributed by atoms with Crippen molar-refractivity contribution in [3.63, 3.8) is 0 Å². The lowest BCUT2D eigenvalue weighted by atomic mass is 9.87. The highest BCUT2D eigenvalue weighted by Gasteiger charge is 2.42. The van der Waals surface area contributed by atoms with Crippen LogP contribution in [0.25, 0.3) is 50.1 Å². The van der Waals surface area contributed by atoms with Gasteiger partial charge in [-0.05, 0) is 105 Å². The Labute approximate surface area is 463 Å². The zero-order valence-electron chi connectivity index (χ0n) is 45.9. The second-order valence-corrected chi connectivity index (χ2v) is 22.0. The van der Waals surface area contributed by atoms with Gasteiger partial charge in [-0.2, -0.15) is 20.2 Å². The van der Waals surface area contributed by atoms with Gasteiger partial charge in [-0.1, -0.05) is 67.6 Å². The van der Waals surface area contributed by atoms with Crippen LogP contribution in [0.1, 0.15) is 98.2 Å². The predicted molar refractivity (Wildman–Crippen MR) is 304 cm³/mol. The van der Waals surface area contributed by atoms with Gasteiger partial charge in [0.1, 0.15) is 48.5 Å². The van der Waals surface area contributed by atoms with Crippen molar-refractivity contribution in [3.8, 4) is 45.3 Å². The number of ether oxygens (including phenoxy) is 3. The summed E-state index contributed by atoms with van der Waals surface area (Å²) in [7, 11) is 1.63. The fourth-order valence-electron chi connectivity index (χ4n) is 11.7. The van der Waals surface area contributed by atoms with Crippen LogP contribution in [0.5, 0.6) is 11.8 Å². The van der Waals surface area contributed by atoms with Crippen molar-refractivity contribution in [3.05, 3.63) is 125 Å². The molecule has 3 saturated heterocycles. The second kappa shape index (κ2) is 22.7. The normalized spacial score (nSPS) is 19.4. The SMILES string of the molecule is CO[C@@H](C)COc1nc(N2C[C@@H]3C[C@H]2CN3)c2cc(C3CC3)c(-c3c(C)c(F)cc(N)c3C=N)c(OCc3ccc(-c4cn([C@@H](C(C)C)C(O)N5CCC[C@H]5C(=O)N/C(=C/O)c5ccc(-c6cnncc6C)cc5)nn4)cc3)c2n1. The molecule has 3 aliphatic heterocycles. The van der Waals surface area contributed by atoms with Crippen LogP contribution in [0.3, 0.4) is 0 Å². The number of aliphatic hydroxyl groups is 2. The van der Waals surface area contributed by atoms with Gasteiger partial charge in [0.25, 0.3) is 0 Å². The van der Waals surface area contributed by atoms with Crippen molar-refractivity contribution in [1.82, 2.24) is 50.7 Å². The van der Waals surface area contributed by atoms with E-state index in [9.17, 15) is 15.0 Å². The molecule has 416 valence electrons. The molecule has 3 aromatic heterocycles. The number of fused-ring (bicyclic) bond motifs is 3. The van der Waals surface area contributed by atoms with E-state index in [4.69, 9.17) is 35.3 Å². The molecule has 0 radical (unpaired) electrons. The molecule has 4 fully saturated rings. The number of nitrogens with one attached hydrogen (secondary N) is 3. The molecule has 2 bridgehead atoms. The first kappa shape index (κ1) is 54.1. The van der Waals surface area contributed by atoms with Gasteiger partial charge < -0.3 is 51.1 Å². The Bertz CT molecular complexity index is 3480. The van der Waals surface area contributed by atoms with Gasteiger partial charge in [-0.3, -0.25) is 9.69 Å². The summed E-state index contributed by atoms with van der Waals surface area (Å²) < 4.78 is 36.5. The van der Waals surface area contributed by atoms with Crippen LogP contribution in [0, 0.1) is 31.0 Å². The third-order valence-corrected chi connectivity index (χ3v) is 16.3. The second-order valence-electron chi connectivity index (χ2n) is 22.0. The number of methoxy groups -OCH3 is 1. The van der Waals surface area contributed by atoms with Gasteiger partial charge in [-0.25, -0.2) is 9.07 Å². The molecule has 11 rings (SSSR count). The maximum atomic E-state index is 16.0. The van der Waals surface area contributed by atoms with Gasteiger partial charge in [-0.15, -0.1) is 5.10 Å². The number of anilines is 2. The van der Waals surface area contributed by atoms with Crippen LogP contribution in [0.4, 0.5) is 15.9 Å². The van der Waals surface area contributed by atoms with E-state index >= 15 is 4.39 Å². The number of benzene rings is 4. The number of aryl methyl sites for hydroxylation is 1. The van der Waals surface area contributed by atoms with Crippen LogP contribution >= 0.6 is 0 Å². The van der Waals surface area contributed by atoms with Gasteiger partial charge in [0.15, 0.2) is 5.75 Å². The minimum absolute atomic E-state index is 0.0968. The summed E-state index contributed by atoms with van der Waals surface area (Å²) in [4.78, 5) is 28.3. The van der Waals surface area contributed by atoms with Gasteiger partial charge in [0, 0.05) is 89.5 Å². The molecular formula is C60H68FN13O6. The third-order valence-electron chi connectivity index (χ3n) is 16.3. The highest BCUT2D eigenvalue weighted by atomic mass is 19.1. The van der Waals surface area contributed by atoms with Crippen LogP contribution in [0.15, 0.2) is 85.5 Å². The number of piperazine rings is 1. The molecule has 6 atom stereocenters. The number of hydrogen-bond donors (Lipinski definition) is 6. The summed E-state index contributed by atoms with van der Waals surface area (Å²) in [6, 6.07) is 18.1. The van der Waals surface area contributed by atoms with Crippen LogP contribution in [-0.4, -0.2) is 126 Å². The van der Waals surface area contributed by atoms with Crippen LogP contribution in [-0.2, 0) is 16.1 Å². The summed E-state index contributed by atoms with van der Waals surface area (Å²) in [5.41, 5.74) is 15.9. The molecule has 1 amide bonds. The van der Waals surface area contributed by atoms with E-state index in [2.05, 4.69) is 42.1 Å². The average Bonchev–Trinajstić information content (AvgIpc) is 3.45. The highest BCUT2D eigenvalue weighted by Crippen LogP contribution is 2.53. The fraction of sp³-hybridized carbons (Fsp3) is 0.400. The molecule has 1 saturated carbocycles. The number of aliphatic hydroxyl groups excluding tert-OH is 2. The maximum Gasteiger partial charge on any atom is 0.319 e. The van der Waals surface area contributed by atoms with E-state index in [1.165, 1.54) is 12.3 Å². The predicted octanol–water partition coefficient (Wildman–Crippen LogP) is 8.42. The number of rotatable bonds is 20. The Hall–Kier alpha value is -7.91. The summed E-state index contributed by atoms with van der Waals surface area (Å²) >= 11 is 0. The Balaban J connectivity index is 0.863. The lowest BCUT2D eigenvalue weighted by molar-refractivity contribution is -0.131. The quantitative estimate of drug-likeness (QED) is 0.0238. The number of nitrogens with two attached hydrogens (primary N) is 1. The standard InChI is InChI=1S/C60H68FN13O6/c1-32(2)55(59(77)72-19-7-8-51(72)58(76)67-50(29-75)40-17-15-38(16-18-40)46-26-66-65-24-33(46)3)74-28-49(70-71-74)39-11-9-36(10-12-39)31-79-56-53(52-35(5)47(61)22-48(63)45(52)23-62)43(37-13-14-37)21-44-54(56)68-60(80-30-34(4)78-6)69-57(44)73-27-41-20-42(73)25-64-41/h9-12,15-18,21-24,26,28-29,32,34,37,41-42,51,55,59,62,64,75,77H,7-8,13-14,19-20,25,27,30-31,63H2,1-6H3,(H,67,76)/b50-29+,62-23?/t34-,41-,42-,51-,55-,59?/m0/s1. The van der Waals surface area contributed by atoms with E-state index in [0.29, 0.717) is 70.2 Å². The van der Waals surface area contributed by atoms with Gasteiger partial charge in [0.2, 0.25) is 5.91 Å². The zero-order chi connectivity index (χ0) is 55.9. The van der Waals surface area contributed by atoms with Crippen molar-refractivity contribution in [2.24, 2.45) is 5.92 Å². The summed E-state index contributed by atoms with van der Waals surface area (Å²) in [5, 5.41) is 55.4. The molecule has 20 heteroatoms. The Kier molecular flexibility index (Phi) is 15.3. The van der Waals surface area contributed by atoms with Gasteiger partial charge in [0.05, 0.1) is 42.5 Å². The number of hydrogen-bond acceptors (Lipinski definition) is 17. The molecule has 7 aromatic rings. The number of aromatic nitrogens is 7. The first-order valence-corrected chi connectivity index (χ1v) is 27.5. The number of nitrogens with zero attached hydrogens (tertiary/aromatic N) is 9. The largest absolute Gasteiger partial charge is 0.513 e. The van der Waals surface area contributed by atoms with Crippen molar-refractivity contribution in [2.45, 2.75) is 116 Å². The van der Waals surface area contributed by atoms with Crippen molar-refractivity contribution in [2.75, 3.05) is 44.0 Å². The first-order valence-electron chi connectivity index (χ1n) is 27.5. The van der Waals surface area contributed by atoms with E-state index in [1.54, 1.807) is 36.0 Å². The molecule has 19 nitrogen and oxygen atoms in total. The van der Waals surface area contributed by atoms with Gasteiger partial charge >= 0.3 is 6.01 Å². The first-order chi connectivity index (χ1) is 38.7. The summed E-state index contributed by atoms with van der Waals surface area (Å²) in [5.74, 6) is 0.385. The summed E-state index contributed by atoms with van der Waals surface area (Å²) in [6.07, 6.45) is 10.0. The molecule has 6 heterocycles. The molecular weight excluding hydrogens is 1020 g/mol. The smallest absolute Gasteiger partial charge is 0.319 e. The van der Waals surface area contributed by atoms with E-state index < -0.39 is 24.1 Å². The fourth-order valence-corrected chi connectivity index (χ4v) is 11.7. The monoisotopic (exact) mass is 1090 g/mol. The Morgan fingerprint density at radius 1 is 1.00 bits per heavy atom. The number of carbonyl (C=O) groups is 1. The molecule has 1 aliphatic carbocycles. The number of likely N-dealkylation sites (tertiary alicyclic amines) is 1.